The Labute approximate surface area is 125 Å². The van der Waals surface area contributed by atoms with Crippen molar-refractivity contribution < 1.29 is 0 Å². The monoisotopic (exact) mass is 308 g/mol. The molecule has 1 aromatic carbocycles. The van der Waals surface area contributed by atoms with Gasteiger partial charge in [-0.1, -0.05) is 30.1 Å². The summed E-state index contributed by atoms with van der Waals surface area (Å²) < 4.78 is 0. The van der Waals surface area contributed by atoms with Crippen LogP contribution < -0.4 is 0 Å². The number of aromatic nitrogens is 2. The van der Waals surface area contributed by atoms with Gasteiger partial charge in [-0.2, -0.15) is 0 Å². The maximum atomic E-state index is 6.24. The molecule has 0 radical (unpaired) electrons. The highest BCUT2D eigenvalue weighted by molar-refractivity contribution is 7.13. The summed E-state index contributed by atoms with van der Waals surface area (Å²) in [6.45, 7) is 2.12. The fourth-order valence-electron chi connectivity index (χ4n) is 1.98. The van der Waals surface area contributed by atoms with Gasteiger partial charge in [0, 0.05) is 10.4 Å². The molecule has 2 aromatic heterocycles. The smallest absolute Gasteiger partial charge is 0.171 e. The maximum absolute atomic E-state index is 6.24. The van der Waals surface area contributed by atoms with Crippen molar-refractivity contribution in [3.05, 3.63) is 45.4 Å². The zero-order valence-electron chi connectivity index (χ0n) is 10.2. The fourth-order valence-corrected chi connectivity index (χ4v) is 3.31. The summed E-state index contributed by atoms with van der Waals surface area (Å²) in [6, 6.07) is 7.57. The van der Waals surface area contributed by atoms with Crippen LogP contribution >= 0.6 is 34.5 Å². The highest BCUT2D eigenvalue weighted by atomic mass is 35.5. The van der Waals surface area contributed by atoms with Gasteiger partial charge in [-0.3, -0.25) is 0 Å². The number of halogens is 2. The van der Waals surface area contributed by atoms with Crippen molar-refractivity contribution in [3.8, 4) is 10.7 Å². The van der Waals surface area contributed by atoms with Gasteiger partial charge in [0.05, 0.1) is 10.4 Å². The van der Waals surface area contributed by atoms with E-state index >= 15 is 0 Å². The van der Waals surface area contributed by atoms with Crippen molar-refractivity contribution in [1.82, 2.24) is 9.97 Å². The number of rotatable bonds is 2. The molecule has 0 saturated carbocycles. The van der Waals surface area contributed by atoms with Gasteiger partial charge in [0.2, 0.25) is 0 Å². The molecule has 96 valence electrons. The normalized spacial score (nSPS) is 11.1. The van der Waals surface area contributed by atoms with E-state index in [9.17, 15) is 0 Å². The summed E-state index contributed by atoms with van der Waals surface area (Å²) in [5.41, 5.74) is 2.06. The Balaban J connectivity index is 2.24. The lowest BCUT2D eigenvalue weighted by Crippen LogP contribution is -1.92. The minimum Gasteiger partial charge on any atom is -0.227 e. The first-order valence-corrected chi connectivity index (χ1v) is 7.52. The van der Waals surface area contributed by atoms with E-state index in [-0.39, 0.29) is 0 Å². The number of aryl methyl sites for hydroxylation is 1. The van der Waals surface area contributed by atoms with Gasteiger partial charge in [0.25, 0.3) is 0 Å². The first-order valence-electron chi connectivity index (χ1n) is 5.88. The van der Waals surface area contributed by atoms with Crippen LogP contribution in [0.15, 0.2) is 29.6 Å². The van der Waals surface area contributed by atoms with Gasteiger partial charge >= 0.3 is 0 Å². The molecule has 0 aliphatic heterocycles. The van der Waals surface area contributed by atoms with E-state index in [4.69, 9.17) is 23.2 Å². The lowest BCUT2D eigenvalue weighted by atomic mass is 10.2. The largest absolute Gasteiger partial charge is 0.227 e. The van der Waals surface area contributed by atoms with Gasteiger partial charge in [0.1, 0.15) is 5.15 Å². The predicted octanol–water partition coefficient (Wildman–Crippen LogP) is 5.23. The second-order valence-electron chi connectivity index (χ2n) is 4.13. The second-order valence-corrected chi connectivity index (χ2v) is 5.84. The fraction of sp³-hybridized carbons (Fsp3) is 0.143. The molecule has 0 aliphatic carbocycles. The van der Waals surface area contributed by atoms with Gasteiger partial charge in [-0.25, -0.2) is 9.97 Å². The molecule has 0 bridgehead atoms. The molecule has 3 rings (SSSR count). The molecule has 0 N–H and O–H groups in total. The van der Waals surface area contributed by atoms with E-state index in [1.165, 1.54) is 5.56 Å². The third kappa shape index (κ3) is 2.34. The van der Waals surface area contributed by atoms with Crippen LogP contribution in [0.25, 0.3) is 21.6 Å². The molecule has 0 saturated heterocycles. The maximum Gasteiger partial charge on any atom is 0.171 e. The minimum absolute atomic E-state index is 0.443. The lowest BCUT2D eigenvalue weighted by Gasteiger charge is -2.05. The highest BCUT2D eigenvalue weighted by Crippen LogP contribution is 2.31. The van der Waals surface area contributed by atoms with E-state index in [1.807, 2.05) is 12.1 Å². The van der Waals surface area contributed by atoms with Crippen LogP contribution in [0.1, 0.15) is 12.5 Å². The van der Waals surface area contributed by atoms with Crippen molar-refractivity contribution in [3.63, 3.8) is 0 Å². The third-order valence-corrected chi connectivity index (χ3v) is 4.42. The number of thiophene rings is 1. The lowest BCUT2D eigenvalue weighted by molar-refractivity contribution is 1.14. The Kier molecular flexibility index (Phi) is 3.44. The average molecular weight is 309 g/mol. The van der Waals surface area contributed by atoms with Crippen molar-refractivity contribution in [2.45, 2.75) is 13.3 Å². The quantitative estimate of drug-likeness (QED) is 0.606. The molecule has 19 heavy (non-hydrogen) atoms. The number of nitrogens with zero attached hydrogens (tertiary/aromatic N) is 2. The van der Waals surface area contributed by atoms with Crippen LogP contribution in [-0.2, 0) is 6.42 Å². The predicted molar refractivity (Wildman–Crippen MR) is 82.2 cm³/mol. The minimum atomic E-state index is 0.443. The van der Waals surface area contributed by atoms with Crippen molar-refractivity contribution in [1.29, 1.82) is 0 Å². The third-order valence-electron chi connectivity index (χ3n) is 2.94. The standard InChI is InChI=1S/C14H10Cl2N2S/c1-2-8-5-6-19-12(8)14-17-11-4-3-9(15)7-10(11)13(16)18-14/h3-7H,2H2,1H3. The van der Waals surface area contributed by atoms with E-state index < -0.39 is 0 Å². The van der Waals surface area contributed by atoms with Crippen LogP contribution in [0.4, 0.5) is 0 Å². The molecule has 0 fully saturated rings. The molecule has 3 aromatic rings. The van der Waals surface area contributed by atoms with Crippen molar-refractivity contribution in [2.75, 3.05) is 0 Å². The van der Waals surface area contributed by atoms with Gasteiger partial charge in [-0.15, -0.1) is 11.3 Å². The Bertz CT molecular complexity index is 752. The molecular formula is C14H10Cl2N2S. The first kappa shape index (κ1) is 12.9. The number of benzene rings is 1. The molecule has 0 spiro atoms. The summed E-state index contributed by atoms with van der Waals surface area (Å²) in [5.74, 6) is 0.687. The van der Waals surface area contributed by atoms with Crippen LogP contribution in [-0.4, -0.2) is 9.97 Å². The highest BCUT2D eigenvalue weighted by Gasteiger charge is 2.12. The summed E-state index contributed by atoms with van der Waals surface area (Å²) in [5, 5.41) is 3.92. The summed E-state index contributed by atoms with van der Waals surface area (Å²) in [4.78, 5) is 10.1. The summed E-state index contributed by atoms with van der Waals surface area (Å²) in [6.07, 6.45) is 0.957. The van der Waals surface area contributed by atoms with Crippen LogP contribution in [0.5, 0.6) is 0 Å². The SMILES string of the molecule is CCc1ccsc1-c1nc(Cl)c2cc(Cl)ccc2n1. The molecule has 2 nitrogen and oxygen atoms in total. The van der Waals surface area contributed by atoms with E-state index in [1.54, 1.807) is 17.4 Å². The van der Waals surface area contributed by atoms with Crippen molar-refractivity contribution >= 4 is 45.4 Å². The second kappa shape index (κ2) is 5.08. The molecule has 0 unspecified atom stereocenters. The van der Waals surface area contributed by atoms with Crippen LogP contribution in [0, 0.1) is 0 Å². The number of fused-ring (bicyclic) bond motifs is 1. The molecule has 0 atom stereocenters. The zero-order valence-corrected chi connectivity index (χ0v) is 12.5. The first-order chi connectivity index (χ1) is 9.19. The molecule has 5 heteroatoms. The Hall–Kier alpha value is -1.16. The number of hydrogen-bond acceptors (Lipinski definition) is 3. The van der Waals surface area contributed by atoms with E-state index in [2.05, 4.69) is 28.3 Å². The van der Waals surface area contributed by atoms with E-state index in [0.29, 0.717) is 16.0 Å². The number of hydrogen-bond donors (Lipinski definition) is 0. The molecule has 0 aliphatic rings. The van der Waals surface area contributed by atoms with E-state index in [0.717, 1.165) is 22.2 Å². The summed E-state index contributed by atoms with van der Waals surface area (Å²) >= 11 is 13.8. The average Bonchev–Trinajstić information content (AvgIpc) is 2.87. The van der Waals surface area contributed by atoms with Gasteiger partial charge < -0.3 is 0 Å². The van der Waals surface area contributed by atoms with Gasteiger partial charge in [0.15, 0.2) is 5.82 Å². The Morgan fingerprint density at radius 3 is 2.79 bits per heavy atom. The topological polar surface area (TPSA) is 25.8 Å². The van der Waals surface area contributed by atoms with Crippen LogP contribution in [0.2, 0.25) is 10.2 Å². The Morgan fingerprint density at radius 2 is 2.00 bits per heavy atom. The van der Waals surface area contributed by atoms with Crippen LogP contribution in [0.3, 0.4) is 0 Å². The molecule has 0 amide bonds. The molecular weight excluding hydrogens is 299 g/mol. The summed E-state index contributed by atoms with van der Waals surface area (Å²) in [7, 11) is 0. The van der Waals surface area contributed by atoms with Crippen molar-refractivity contribution in [2.24, 2.45) is 0 Å². The zero-order chi connectivity index (χ0) is 13.4. The molecule has 2 heterocycles. The Morgan fingerprint density at radius 1 is 1.16 bits per heavy atom. The van der Waals surface area contributed by atoms with Gasteiger partial charge in [-0.05, 0) is 41.6 Å².